The summed E-state index contributed by atoms with van der Waals surface area (Å²) in [5.41, 5.74) is 3.51. The van der Waals surface area contributed by atoms with Crippen LogP contribution in [0.1, 0.15) is 21.7 Å². The standard InChI is InChI=1S/C17H15BrN4O/c1-11-9-12(2)22(21-11)15-6-3-13(4-7-15)17(23)20-16-8-5-14(18)10-19-16/h3-10H,1-2H3,(H,19,20,23). The van der Waals surface area contributed by atoms with E-state index in [1.165, 1.54) is 0 Å². The van der Waals surface area contributed by atoms with Gasteiger partial charge in [0.05, 0.1) is 11.4 Å². The number of amides is 1. The van der Waals surface area contributed by atoms with E-state index < -0.39 is 0 Å². The lowest BCUT2D eigenvalue weighted by Crippen LogP contribution is -2.13. The van der Waals surface area contributed by atoms with Crippen LogP contribution in [0, 0.1) is 13.8 Å². The topological polar surface area (TPSA) is 59.8 Å². The first-order valence-electron chi connectivity index (χ1n) is 7.09. The predicted octanol–water partition coefficient (Wildman–Crippen LogP) is 3.90. The number of anilines is 1. The summed E-state index contributed by atoms with van der Waals surface area (Å²) in [6.45, 7) is 3.95. The summed E-state index contributed by atoms with van der Waals surface area (Å²) < 4.78 is 2.72. The predicted molar refractivity (Wildman–Crippen MR) is 92.9 cm³/mol. The molecular formula is C17H15BrN4O. The Labute approximate surface area is 142 Å². The van der Waals surface area contributed by atoms with Crippen molar-refractivity contribution in [2.45, 2.75) is 13.8 Å². The zero-order valence-corrected chi connectivity index (χ0v) is 14.3. The molecule has 116 valence electrons. The molecule has 0 aliphatic carbocycles. The van der Waals surface area contributed by atoms with Gasteiger partial charge in [-0.1, -0.05) is 0 Å². The van der Waals surface area contributed by atoms with Crippen LogP contribution in [0.2, 0.25) is 0 Å². The van der Waals surface area contributed by atoms with E-state index in [1.807, 2.05) is 42.8 Å². The molecule has 0 saturated heterocycles. The minimum Gasteiger partial charge on any atom is -0.307 e. The molecule has 5 nitrogen and oxygen atoms in total. The van der Waals surface area contributed by atoms with Gasteiger partial charge in [0, 0.05) is 21.9 Å². The Morgan fingerprint density at radius 2 is 1.87 bits per heavy atom. The van der Waals surface area contributed by atoms with Gasteiger partial charge in [0.2, 0.25) is 0 Å². The van der Waals surface area contributed by atoms with Gasteiger partial charge in [0.1, 0.15) is 5.82 Å². The molecule has 2 heterocycles. The molecule has 0 bridgehead atoms. The number of hydrogen-bond acceptors (Lipinski definition) is 3. The van der Waals surface area contributed by atoms with Crippen molar-refractivity contribution in [2.75, 3.05) is 5.32 Å². The van der Waals surface area contributed by atoms with Gasteiger partial charge in [-0.2, -0.15) is 5.10 Å². The highest BCUT2D eigenvalue weighted by molar-refractivity contribution is 9.10. The maximum Gasteiger partial charge on any atom is 0.256 e. The third kappa shape index (κ3) is 3.48. The van der Waals surface area contributed by atoms with Crippen molar-refractivity contribution < 1.29 is 4.79 Å². The molecule has 0 radical (unpaired) electrons. The number of carbonyl (C=O) groups excluding carboxylic acids is 1. The van der Waals surface area contributed by atoms with Gasteiger partial charge in [-0.3, -0.25) is 4.79 Å². The first-order chi connectivity index (χ1) is 11.0. The van der Waals surface area contributed by atoms with Crippen LogP contribution in [-0.2, 0) is 0 Å². The van der Waals surface area contributed by atoms with Gasteiger partial charge in [-0.25, -0.2) is 9.67 Å². The van der Waals surface area contributed by atoms with Crippen LogP contribution >= 0.6 is 15.9 Å². The second-order valence-corrected chi connectivity index (χ2v) is 6.12. The normalized spacial score (nSPS) is 10.6. The van der Waals surface area contributed by atoms with Crippen LogP contribution in [0.25, 0.3) is 5.69 Å². The van der Waals surface area contributed by atoms with E-state index in [4.69, 9.17) is 0 Å². The fourth-order valence-electron chi connectivity index (χ4n) is 2.28. The van der Waals surface area contributed by atoms with Crippen LogP contribution in [0.4, 0.5) is 5.82 Å². The summed E-state index contributed by atoms with van der Waals surface area (Å²) in [5.74, 6) is 0.320. The first kappa shape index (κ1) is 15.4. The van der Waals surface area contributed by atoms with E-state index >= 15 is 0 Å². The Hall–Kier alpha value is -2.47. The molecule has 1 N–H and O–H groups in total. The minimum atomic E-state index is -0.195. The van der Waals surface area contributed by atoms with Crippen LogP contribution in [0.5, 0.6) is 0 Å². The molecule has 1 aromatic carbocycles. The summed E-state index contributed by atoms with van der Waals surface area (Å²) in [4.78, 5) is 16.4. The number of pyridine rings is 1. The van der Waals surface area contributed by atoms with Crippen molar-refractivity contribution in [3.63, 3.8) is 0 Å². The van der Waals surface area contributed by atoms with Crippen LogP contribution in [-0.4, -0.2) is 20.7 Å². The van der Waals surface area contributed by atoms with E-state index in [-0.39, 0.29) is 5.91 Å². The molecule has 6 heteroatoms. The first-order valence-corrected chi connectivity index (χ1v) is 7.89. The average molecular weight is 371 g/mol. The van der Waals surface area contributed by atoms with Gasteiger partial charge >= 0.3 is 0 Å². The van der Waals surface area contributed by atoms with Gasteiger partial charge in [0.25, 0.3) is 5.91 Å². The molecule has 0 aliphatic heterocycles. The zero-order chi connectivity index (χ0) is 16.4. The Morgan fingerprint density at radius 1 is 1.13 bits per heavy atom. The van der Waals surface area contributed by atoms with Crippen molar-refractivity contribution in [2.24, 2.45) is 0 Å². The second kappa shape index (κ2) is 6.34. The van der Waals surface area contributed by atoms with E-state index in [2.05, 4.69) is 31.3 Å². The lowest BCUT2D eigenvalue weighted by atomic mass is 10.2. The summed E-state index contributed by atoms with van der Waals surface area (Å²) in [6, 6.07) is 12.9. The largest absolute Gasteiger partial charge is 0.307 e. The van der Waals surface area contributed by atoms with Crippen LogP contribution in [0.15, 0.2) is 53.1 Å². The molecule has 0 aliphatic rings. The van der Waals surface area contributed by atoms with E-state index in [0.29, 0.717) is 11.4 Å². The summed E-state index contributed by atoms with van der Waals surface area (Å²) in [6.07, 6.45) is 1.64. The molecule has 0 saturated carbocycles. The van der Waals surface area contributed by atoms with Gasteiger partial charge in [0.15, 0.2) is 0 Å². The molecule has 0 fully saturated rings. The highest BCUT2D eigenvalue weighted by atomic mass is 79.9. The number of nitrogens with one attached hydrogen (secondary N) is 1. The number of aromatic nitrogens is 3. The summed E-state index contributed by atoms with van der Waals surface area (Å²) in [5, 5.41) is 7.20. The summed E-state index contributed by atoms with van der Waals surface area (Å²) >= 11 is 3.31. The maximum absolute atomic E-state index is 12.2. The number of rotatable bonds is 3. The average Bonchev–Trinajstić information content (AvgIpc) is 2.88. The molecule has 23 heavy (non-hydrogen) atoms. The fourth-order valence-corrected chi connectivity index (χ4v) is 2.52. The Bertz CT molecular complexity index is 838. The SMILES string of the molecule is Cc1cc(C)n(-c2ccc(C(=O)Nc3ccc(Br)cn3)cc2)n1. The second-order valence-electron chi connectivity index (χ2n) is 5.20. The quantitative estimate of drug-likeness (QED) is 0.760. The van der Waals surface area contributed by atoms with Gasteiger partial charge in [-0.05, 0) is 72.2 Å². The number of aryl methyl sites for hydroxylation is 2. The fraction of sp³-hybridized carbons (Fsp3) is 0.118. The molecule has 0 unspecified atom stereocenters. The van der Waals surface area contributed by atoms with E-state index in [9.17, 15) is 4.79 Å². The monoisotopic (exact) mass is 370 g/mol. The van der Waals surface area contributed by atoms with Gasteiger partial charge in [-0.15, -0.1) is 0 Å². The zero-order valence-electron chi connectivity index (χ0n) is 12.7. The maximum atomic E-state index is 12.2. The molecule has 0 spiro atoms. The van der Waals surface area contributed by atoms with Crippen LogP contribution < -0.4 is 5.32 Å². The number of benzene rings is 1. The molecule has 1 amide bonds. The van der Waals surface area contributed by atoms with Crippen molar-refractivity contribution in [1.82, 2.24) is 14.8 Å². The highest BCUT2D eigenvalue weighted by Crippen LogP contribution is 2.15. The van der Waals surface area contributed by atoms with Crippen LogP contribution in [0.3, 0.4) is 0 Å². The minimum absolute atomic E-state index is 0.195. The van der Waals surface area contributed by atoms with E-state index in [1.54, 1.807) is 24.4 Å². The van der Waals surface area contributed by atoms with Crippen molar-refractivity contribution in [3.8, 4) is 5.69 Å². The van der Waals surface area contributed by atoms with Crippen molar-refractivity contribution in [3.05, 3.63) is 70.1 Å². The van der Waals surface area contributed by atoms with Gasteiger partial charge < -0.3 is 5.32 Å². The molecular weight excluding hydrogens is 356 g/mol. The lowest BCUT2D eigenvalue weighted by Gasteiger charge is -2.07. The Balaban J connectivity index is 1.77. The Morgan fingerprint density at radius 3 is 2.43 bits per heavy atom. The third-order valence-corrected chi connectivity index (χ3v) is 3.82. The smallest absolute Gasteiger partial charge is 0.256 e. The molecule has 3 rings (SSSR count). The summed E-state index contributed by atoms with van der Waals surface area (Å²) in [7, 11) is 0. The lowest BCUT2D eigenvalue weighted by molar-refractivity contribution is 0.102. The molecule has 2 aromatic heterocycles. The van der Waals surface area contributed by atoms with E-state index in [0.717, 1.165) is 21.5 Å². The number of halogens is 1. The molecule has 3 aromatic rings. The molecule has 0 atom stereocenters. The third-order valence-electron chi connectivity index (χ3n) is 3.35. The highest BCUT2D eigenvalue weighted by Gasteiger charge is 2.08. The Kier molecular flexibility index (Phi) is 4.25. The van der Waals surface area contributed by atoms with Crippen molar-refractivity contribution >= 4 is 27.7 Å². The number of hydrogen-bond donors (Lipinski definition) is 1. The van der Waals surface area contributed by atoms with Crippen molar-refractivity contribution in [1.29, 1.82) is 0 Å². The number of carbonyl (C=O) groups is 1. The number of nitrogens with zero attached hydrogens (tertiary/aromatic N) is 3.